The Kier molecular flexibility index (Phi) is 6.15. The summed E-state index contributed by atoms with van der Waals surface area (Å²) >= 11 is 5.32. The summed E-state index contributed by atoms with van der Waals surface area (Å²) in [7, 11) is 0. The summed E-state index contributed by atoms with van der Waals surface area (Å²) < 4.78 is 49.1. The molecule has 0 saturated heterocycles. The SMILES string of the molecule is CC1(C)[C@H](C(=O)OC(N)c2cccc(Oc3ccccc3)c2)[C@@H]1/C=C(\Cl)C(F)(F)F. The fraction of sp³-hybridized carbons (Fsp3) is 0.318. The molecule has 2 aromatic rings. The van der Waals surface area contributed by atoms with Crippen molar-refractivity contribution in [2.75, 3.05) is 0 Å². The molecule has 3 rings (SSSR count). The van der Waals surface area contributed by atoms with E-state index >= 15 is 0 Å². The van der Waals surface area contributed by atoms with Gasteiger partial charge in [0.05, 0.1) is 5.92 Å². The number of alkyl halides is 3. The molecule has 4 nitrogen and oxygen atoms in total. The van der Waals surface area contributed by atoms with Crippen LogP contribution < -0.4 is 10.5 Å². The minimum Gasteiger partial charge on any atom is -0.457 e. The van der Waals surface area contributed by atoms with E-state index in [9.17, 15) is 18.0 Å². The van der Waals surface area contributed by atoms with Gasteiger partial charge < -0.3 is 9.47 Å². The molecule has 0 aromatic heterocycles. The lowest BCUT2D eigenvalue weighted by Gasteiger charge is -2.15. The number of allylic oxidation sites excluding steroid dienone is 2. The van der Waals surface area contributed by atoms with Gasteiger partial charge in [-0.2, -0.15) is 13.2 Å². The third kappa shape index (κ3) is 4.96. The molecule has 0 aliphatic heterocycles. The Hall–Kier alpha value is -2.51. The summed E-state index contributed by atoms with van der Waals surface area (Å²) in [6, 6.07) is 15.9. The van der Waals surface area contributed by atoms with Crippen LogP contribution in [0, 0.1) is 17.3 Å². The zero-order chi connectivity index (χ0) is 22.1. The molecular weight excluding hydrogens is 419 g/mol. The minimum absolute atomic E-state index is 0.496. The molecule has 30 heavy (non-hydrogen) atoms. The third-order valence-electron chi connectivity index (χ3n) is 5.17. The van der Waals surface area contributed by atoms with Crippen molar-refractivity contribution in [2.45, 2.75) is 26.3 Å². The van der Waals surface area contributed by atoms with E-state index in [1.807, 2.05) is 18.2 Å². The van der Waals surface area contributed by atoms with Crippen LogP contribution in [0.2, 0.25) is 0 Å². The fourth-order valence-corrected chi connectivity index (χ4v) is 3.47. The van der Waals surface area contributed by atoms with E-state index in [0.29, 0.717) is 17.1 Å². The highest BCUT2D eigenvalue weighted by atomic mass is 35.5. The maximum absolute atomic E-state index is 12.7. The lowest BCUT2D eigenvalue weighted by molar-refractivity contribution is -0.151. The van der Waals surface area contributed by atoms with Crippen molar-refractivity contribution in [3.05, 3.63) is 71.3 Å². The van der Waals surface area contributed by atoms with Crippen LogP contribution >= 0.6 is 11.6 Å². The second-order valence-corrected chi connectivity index (χ2v) is 8.09. The number of para-hydroxylation sites is 1. The number of nitrogens with two attached hydrogens (primary N) is 1. The normalized spacial score (nSPS) is 21.6. The van der Waals surface area contributed by atoms with Crippen LogP contribution in [0.1, 0.15) is 25.6 Å². The monoisotopic (exact) mass is 439 g/mol. The smallest absolute Gasteiger partial charge is 0.426 e. The molecule has 2 N–H and O–H groups in total. The standard InChI is InChI=1S/C22H21ClF3NO3/c1-21(2)16(12-17(23)22(24,25)26)18(21)20(28)30-19(27)13-7-6-10-15(11-13)29-14-8-4-3-5-9-14/h3-12,16,18-19H,27H2,1-2H3/b17-12-/t16-,18-,19?/m0/s1. The zero-order valence-corrected chi connectivity index (χ0v) is 17.1. The van der Waals surface area contributed by atoms with Gasteiger partial charge in [-0.05, 0) is 35.6 Å². The number of halogens is 4. The number of hydrogen-bond acceptors (Lipinski definition) is 4. The quantitative estimate of drug-likeness (QED) is 0.447. The number of benzene rings is 2. The van der Waals surface area contributed by atoms with Gasteiger partial charge in [-0.15, -0.1) is 0 Å². The molecule has 2 aromatic carbocycles. The maximum Gasteiger partial charge on any atom is 0.426 e. The molecule has 8 heteroatoms. The molecule has 0 radical (unpaired) electrons. The number of rotatable bonds is 6. The Bertz CT molecular complexity index is 944. The lowest BCUT2D eigenvalue weighted by Crippen LogP contribution is -2.21. The number of hydrogen-bond donors (Lipinski definition) is 1. The highest BCUT2D eigenvalue weighted by molar-refractivity contribution is 6.30. The molecule has 1 saturated carbocycles. The van der Waals surface area contributed by atoms with Crippen molar-refractivity contribution in [1.29, 1.82) is 0 Å². The average Bonchev–Trinajstić information content (AvgIpc) is 3.22. The molecule has 1 aliphatic rings. The Labute approximate surface area is 177 Å². The third-order valence-corrected chi connectivity index (χ3v) is 5.51. The summed E-state index contributed by atoms with van der Waals surface area (Å²) in [6.07, 6.45) is -4.87. The molecule has 1 fully saturated rings. The van der Waals surface area contributed by atoms with E-state index in [2.05, 4.69) is 0 Å². The van der Waals surface area contributed by atoms with Crippen molar-refractivity contribution < 1.29 is 27.4 Å². The van der Waals surface area contributed by atoms with Gasteiger partial charge in [-0.3, -0.25) is 10.5 Å². The fourth-order valence-electron chi connectivity index (χ4n) is 3.34. The van der Waals surface area contributed by atoms with Crippen LogP contribution in [-0.2, 0) is 9.53 Å². The molecule has 1 unspecified atom stereocenters. The van der Waals surface area contributed by atoms with Gasteiger partial charge in [0.25, 0.3) is 0 Å². The van der Waals surface area contributed by atoms with Crippen molar-refractivity contribution in [2.24, 2.45) is 23.0 Å². The minimum atomic E-state index is -4.65. The van der Waals surface area contributed by atoms with Crippen LogP contribution in [0.15, 0.2) is 65.7 Å². The van der Waals surface area contributed by atoms with Gasteiger partial charge in [0.1, 0.15) is 16.5 Å². The average molecular weight is 440 g/mol. The predicted molar refractivity (Wildman–Crippen MR) is 107 cm³/mol. The maximum atomic E-state index is 12.7. The van der Waals surface area contributed by atoms with Crippen LogP contribution in [0.4, 0.5) is 13.2 Å². The largest absolute Gasteiger partial charge is 0.457 e. The first-order chi connectivity index (χ1) is 14.0. The Morgan fingerprint density at radius 2 is 1.77 bits per heavy atom. The summed E-state index contributed by atoms with van der Waals surface area (Å²) in [6.45, 7) is 3.36. The van der Waals surface area contributed by atoms with Gasteiger partial charge in [0.2, 0.25) is 0 Å². The summed E-state index contributed by atoms with van der Waals surface area (Å²) in [4.78, 5) is 12.5. The van der Waals surface area contributed by atoms with E-state index in [1.165, 1.54) is 0 Å². The second kappa shape index (κ2) is 8.32. The van der Waals surface area contributed by atoms with E-state index in [1.54, 1.807) is 50.2 Å². The van der Waals surface area contributed by atoms with Gasteiger partial charge in [-0.25, -0.2) is 0 Å². The molecule has 0 heterocycles. The van der Waals surface area contributed by atoms with Crippen molar-refractivity contribution in [1.82, 2.24) is 0 Å². The number of carbonyl (C=O) groups is 1. The number of esters is 1. The van der Waals surface area contributed by atoms with Gasteiger partial charge in [0.15, 0.2) is 6.23 Å². The van der Waals surface area contributed by atoms with E-state index < -0.39 is 40.7 Å². The zero-order valence-electron chi connectivity index (χ0n) is 16.3. The van der Waals surface area contributed by atoms with Gasteiger partial charge in [0, 0.05) is 5.56 Å². The Morgan fingerprint density at radius 1 is 1.13 bits per heavy atom. The molecule has 0 amide bonds. The van der Waals surface area contributed by atoms with Crippen LogP contribution in [0.5, 0.6) is 11.5 Å². The molecule has 0 bridgehead atoms. The number of carbonyl (C=O) groups excluding carboxylic acids is 1. The Balaban J connectivity index is 1.67. The summed E-state index contributed by atoms with van der Waals surface area (Å²) in [5.41, 5.74) is 5.80. The van der Waals surface area contributed by atoms with Crippen molar-refractivity contribution >= 4 is 17.6 Å². The highest BCUT2D eigenvalue weighted by Gasteiger charge is 2.62. The summed E-state index contributed by atoms with van der Waals surface area (Å²) in [5.74, 6) is -0.969. The Morgan fingerprint density at radius 3 is 2.40 bits per heavy atom. The molecule has 1 aliphatic carbocycles. The lowest BCUT2D eigenvalue weighted by atomic mass is 10.1. The topological polar surface area (TPSA) is 61.5 Å². The predicted octanol–water partition coefficient (Wildman–Crippen LogP) is 5.94. The first-order valence-corrected chi connectivity index (χ1v) is 9.61. The first kappa shape index (κ1) is 22.2. The first-order valence-electron chi connectivity index (χ1n) is 9.23. The van der Waals surface area contributed by atoms with E-state index in [4.69, 9.17) is 26.8 Å². The molecular formula is C22H21ClF3NO3. The van der Waals surface area contributed by atoms with Crippen molar-refractivity contribution in [3.63, 3.8) is 0 Å². The molecule has 160 valence electrons. The van der Waals surface area contributed by atoms with Crippen LogP contribution in [-0.4, -0.2) is 12.1 Å². The van der Waals surface area contributed by atoms with Crippen LogP contribution in [0.25, 0.3) is 0 Å². The number of ether oxygens (including phenoxy) is 2. The van der Waals surface area contributed by atoms with E-state index in [-0.39, 0.29) is 0 Å². The van der Waals surface area contributed by atoms with E-state index in [0.717, 1.165) is 6.08 Å². The second-order valence-electron chi connectivity index (χ2n) is 7.68. The van der Waals surface area contributed by atoms with Gasteiger partial charge in [-0.1, -0.05) is 61.9 Å². The van der Waals surface area contributed by atoms with Crippen LogP contribution in [0.3, 0.4) is 0 Å². The molecule has 0 spiro atoms. The van der Waals surface area contributed by atoms with Gasteiger partial charge >= 0.3 is 12.1 Å². The molecule has 3 atom stereocenters. The highest BCUT2D eigenvalue weighted by Crippen LogP contribution is 2.60. The van der Waals surface area contributed by atoms with Crippen molar-refractivity contribution in [3.8, 4) is 11.5 Å². The summed E-state index contributed by atoms with van der Waals surface area (Å²) in [5, 5.41) is -1.24.